The van der Waals surface area contributed by atoms with E-state index in [-0.39, 0.29) is 6.29 Å². The monoisotopic (exact) mass is 454 g/mol. The molecule has 164 valence electrons. The van der Waals surface area contributed by atoms with E-state index in [0.717, 1.165) is 38.5 Å². The van der Waals surface area contributed by atoms with E-state index < -0.39 is 5.24 Å². The number of ether oxygens (including phenoxy) is 2. The Labute approximate surface area is 185 Å². The predicted octanol–water partition coefficient (Wildman–Crippen LogP) is 2.89. The van der Waals surface area contributed by atoms with Crippen LogP contribution < -0.4 is 10.2 Å². The number of piperazine rings is 1. The second-order valence-electron chi connectivity index (χ2n) is 6.81. The van der Waals surface area contributed by atoms with E-state index in [1.54, 1.807) is 0 Å². The molecular formula is C19H27ClN6O3S. The van der Waals surface area contributed by atoms with Crippen LogP contribution in [-0.2, 0) is 9.47 Å². The van der Waals surface area contributed by atoms with Crippen molar-refractivity contribution in [1.82, 2.24) is 19.9 Å². The highest BCUT2D eigenvalue weighted by Crippen LogP contribution is 2.25. The number of hydrogen-bond donors (Lipinski definition) is 1. The van der Waals surface area contributed by atoms with Crippen molar-refractivity contribution in [2.75, 3.05) is 56.2 Å². The summed E-state index contributed by atoms with van der Waals surface area (Å²) in [5.41, 5.74) is 0. The lowest BCUT2D eigenvalue weighted by atomic mass is 10.3. The lowest BCUT2D eigenvalue weighted by molar-refractivity contribution is -0.129. The molecule has 11 heteroatoms. The standard InChI is InChI=1S/C19H27ClN6O3S/c1-4-28-14(3)29-10-9-25-5-7-26(8-6-25)17-11-16(22-13(2)23-17)24-19-21-12-15(30-19)18(20)27/h11-12,14H,4-10H2,1-3H3,(H,21,22,23,24). The van der Waals surface area contributed by atoms with Gasteiger partial charge in [-0.15, -0.1) is 0 Å². The number of rotatable bonds is 10. The first-order valence-electron chi connectivity index (χ1n) is 9.93. The van der Waals surface area contributed by atoms with Crippen LogP contribution in [0.1, 0.15) is 29.3 Å². The Morgan fingerprint density at radius 3 is 2.73 bits per heavy atom. The van der Waals surface area contributed by atoms with Crippen LogP contribution >= 0.6 is 22.9 Å². The number of halogens is 1. The maximum Gasteiger partial charge on any atom is 0.264 e. The van der Waals surface area contributed by atoms with E-state index in [1.165, 1.54) is 17.5 Å². The summed E-state index contributed by atoms with van der Waals surface area (Å²) in [6.45, 7) is 11.6. The van der Waals surface area contributed by atoms with Crippen molar-refractivity contribution in [3.05, 3.63) is 23.0 Å². The van der Waals surface area contributed by atoms with Crippen LogP contribution in [-0.4, -0.2) is 77.3 Å². The molecule has 30 heavy (non-hydrogen) atoms. The van der Waals surface area contributed by atoms with Gasteiger partial charge in [0.25, 0.3) is 5.24 Å². The second kappa shape index (κ2) is 11.0. The van der Waals surface area contributed by atoms with Crippen molar-refractivity contribution in [1.29, 1.82) is 0 Å². The van der Waals surface area contributed by atoms with Gasteiger partial charge in [0.05, 0.1) is 12.8 Å². The fraction of sp³-hybridized carbons (Fsp3) is 0.579. The number of thiazole rings is 1. The Bertz CT molecular complexity index is 843. The van der Waals surface area contributed by atoms with Crippen LogP contribution in [0, 0.1) is 6.92 Å². The zero-order chi connectivity index (χ0) is 21.5. The largest absolute Gasteiger partial charge is 0.354 e. The van der Waals surface area contributed by atoms with E-state index in [0.29, 0.717) is 34.9 Å². The van der Waals surface area contributed by atoms with E-state index in [4.69, 9.17) is 21.1 Å². The molecule has 1 aliphatic rings. The van der Waals surface area contributed by atoms with Crippen molar-refractivity contribution in [2.24, 2.45) is 0 Å². The molecule has 0 aliphatic carbocycles. The molecule has 0 amide bonds. The maximum atomic E-state index is 11.2. The molecule has 1 saturated heterocycles. The number of carbonyl (C=O) groups excluding carboxylic acids is 1. The fourth-order valence-electron chi connectivity index (χ4n) is 3.14. The molecule has 2 aromatic heterocycles. The third-order valence-electron chi connectivity index (χ3n) is 4.62. The minimum absolute atomic E-state index is 0.164. The average molecular weight is 455 g/mol. The van der Waals surface area contributed by atoms with Crippen LogP contribution in [0.4, 0.5) is 16.8 Å². The summed E-state index contributed by atoms with van der Waals surface area (Å²) in [5, 5.41) is 3.18. The van der Waals surface area contributed by atoms with Gasteiger partial charge >= 0.3 is 0 Å². The van der Waals surface area contributed by atoms with E-state index in [2.05, 4.69) is 30.1 Å². The van der Waals surface area contributed by atoms with E-state index in [1.807, 2.05) is 26.8 Å². The number of hydrogen-bond acceptors (Lipinski definition) is 10. The van der Waals surface area contributed by atoms with Gasteiger partial charge in [0.2, 0.25) is 0 Å². The number of aryl methyl sites for hydroxylation is 1. The Hall–Kier alpha value is -1.85. The van der Waals surface area contributed by atoms with Gasteiger partial charge < -0.3 is 19.7 Å². The molecule has 1 atom stereocenters. The Kier molecular flexibility index (Phi) is 8.34. The molecule has 0 bridgehead atoms. The highest BCUT2D eigenvalue weighted by atomic mass is 35.5. The molecule has 3 rings (SSSR count). The summed E-state index contributed by atoms with van der Waals surface area (Å²) in [7, 11) is 0. The number of carbonyl (C=O) groups is 1. The van der Waals surface area contributed by atoms with E-state index in [9.17, 15) is 4.79 Å². The Balaban J connectivity index is 1.53. The van der Waals surface area contributed by atoms with Gasteiger partial charge in [-0.3, -0.25) is 9.69 Å². The smallest absolute Gasteiger partial charge is 0.264 e. The molecule has 0 aromatic carbocycles. The zero-order valence-corrected chi connectivity index (χ0v) is 19.0. The molecule has 1 unspecified atom stereocenters. The molecule has 0 radical (unpaired) electrons. The lowest BCUT2D eigenvalue weighted by Gasteiger charge is -2.35. The Morgan fingerprint density at radius 2 is 2.07 bits per heavy atom. The zero-order valence-electron chi connectivity index (χ0n) is 17.4. The third-order valence-corrected chi connectivity index (χ3v) is 5.84. The van der Waals surface area contributed by atoms with Gasteiger partial charge in [0, 0.05) is 45.4 Å². The number of anilines is 3. The van der Waals surface area contributed by atoms with Crippen molar-refractivity contribution < 1.29 is 14.3 Å². The molecule has 3 heterocycles. The van der Waals surface area contributed by atoms with Gasteiger partial charge in [-0.25, -0.2) is 15.0 Å². The van der Waals surface area contributed by atoms with Crippen molar-refractivity contribution in [2.45, 2.75) is 27.1 Å². The SMILES string of the molecule is CCOC(C)OCCN1CCN(c2cc(Nc3ncc(C(=O)Cl)s3)nc(C)n2)CC1. The first-order chi connectivity index (χ1) is 14.4. The van der Waals surface area contributed by atoms with Crippen LogP contribution in [0.2, 0.25) is 0 Å². The Morgan fingerprint density at radius 1 is 1.30 bits per heavy atom. The molecule has 1 aliphatic heterocycles. The summed E-state index contributed by atoms with van der Waals surface area (Å²) >= 11 is 6.69. The fourth-order valence-corrected chi connectivity index (χ4v) is 3.96. The van der Waals surface area contributed by atoms with Gasteiger partial charge in [0.1, 0.15) is 22.3 Å². The summed E-state index contributed by atoms with van der Waals surface area (Å²) in [6.07, 6.45) is 1.29. The van der Waals surface area contributed by atoms with Crippen molar-refractivity contribution in [3.63, 3.8) is 0 Å². The minimum atomic E-state index is -0.518. The summed E-state index contributed by atoms with van der Waals surface area (Å²) in [6, 6.07) is 1.90. The van der Waals surface area contributed by atoms with E-state index >= 15 is 0 Å². The van der Waals surface area contributed by atoms with Gasteiger partial charge in [-0.2, -0.15) is 0 Å². The molecule has 2 aromatic rings. The maximum absolute atomic E-state index is 11.2. The van der Waals surface area contributed by atoms with Crippen molar-refractivity contribution in [3.8, 4) is 0 Å². The number of nitrogens with one attached hydrogen (secondary N) is 1. The van der Waals surface area contributed by atoms with Crippen LogP contribution in [0.5, 0.6) is 0 Å². The highest BCUT2D eigenvalue weighted by Gasteiger charge is 2.19. The molecule has 1 N–H and O–H groups in total. The third kappa shape index (κ3) is 6.58. The van der Waals surface area contributed by atoms with Crippen molar-refractivity contribution >= 4 is 44.9 Å². The molecule has 9 nitrogen and oxygen atoms in total. The molecule has 0 spiro atoms. The second-order valence-corrected chi connectivity index (χ2v) is 8.18. The lowest BCUT2D eigenvalue weighted by Crippen LogP contribution is -2.47. The van der Waals surface area contributed by atoms with Gasteiger partial charge in [-0.05, 0) is 32.4 Å². The van der Waals surface area contributed by atoms with Crippen LogP contribution in [0.25, 0.3) is 0 Å². The highest BCUT2D eigenvalue weighted by molar-refractivity contribution is 7.19. The average Bonchev–Trinajstić information content (AvgIpc) is 3.17. The topological polar surface area (TPSA) is 92.7 Å². The molecular weight excluding hydrogens is 428 g/mol. The predicted molar refractivity (Wildman–Crippen MR) is 118 cm³/mol. The van der Waals surface area contributed by atoms with Gasteiger partial charge in [0.15, 0.2) is 11.4 Å². The number of aromatic nitrogens is 3. The summed E-state index contributed by atoms with van der Waals surface area (Å²) in [4.78, 5) is 29.4. The molecule has 1 fully saturated rings. The first kappa shape index (κ1) is 22.8. The molecule has 0 saturated carbocycles. The first-order valence-corrected chi connectivity index (χ1v) is 11.1. The number of nitrogens with zero attached hydrogens (tertiary/aromatic N) is 5. The van der Waals surface area contributed by atoms with Gasteiger partial charge in [-0.1, -0.05) is 11.3 Å². The normalized spacial score (nSPS) is 15.9. The summed E-state index contributed by atoms with van der Waals surface area (Å²) < 4.78 is 11.0. The quantitative estimate of drug-likeness (QED) is 0.429. The van der Waals surface area contributed by atoms with Crippen LogP contribution in [0.15, 0.2) is 12.3 Å². The summed E-state index contributed by atoms with van der Waals surface area (Å²) in [5.74, 6) is 2.18. The van der Waals surface area contributed by atoms with Crippen LogP contribution in [0.3, 0.4) is 0 Å². The minimum Gasteiger partial charge on any atom is -0.354 e.